The summed E-state index contributed by atoms with van der Waals surface area (Å²) in [6.45, 7) is 3.79. The number of nitro groups is 1. The predicted octanol–water partition coefficient (Wildman–Crippen LogP) is 3.00. The zero-order chi connectivity index (χ0) is 22.1. The second-order valence-corrected chi connectivity index (χ2v) is 6.81. The standard InChI is InChI=1S/C21H16FN5O4/c1-2-19(28)24-13-4-3-5-14(9-13)26-11-17(20(25-26)27(30)31)16-8-12-6-7-23-21(29)15(12)10-18(16)22/h2-5,8-11H,1,6-7H2,(H,23,29)(H,24,28). The van der Waals surface area contributed by atoms with Crippen LogP contribution in [0, 0.1) is 15.9 Å². The molecule has 2 heterocycles. The Morgan fingerprint density at radius 2 is 2.10 bits per heavy atom. The molecule has 1 aliphatic heterocycles. The molecule has 0 spiro atoms. The highest BCUT2D eigenvalue weighted by molar-refractivity contribution is 5.99. The molecule has 1 aromatic heterocycles. The lowest BCUT2D eigenvalue weighted by atomic mass is 9.95. The van der Waals surface area contributed by atoms with Crippen LogP contribution in [0.4, 0.5) is 15.9 Å². The first-order valence-corrected chi connectivity index (χ1v) is 9.26. The van der Waals surface area contributed by atoms with Crippen molar-refractivity contribution >= 4 is 23.3 Å². The maximum Gasteiger partial charge on any atom is 0.398 e. The molecule has 0 saturated carbocycles. The predicted molar refractivity (Wildman–Crippen MR) is 110 cm³/mol. The van der Waals surface area contributed by atoms with Crippen molar-refractivity contribution in [3.63, 3.8) is 0 Å². The highest BCUT2D eigenvalue weighted by atomic mass is 19.1. The van der Waals surface area contributed by atoms with Crippen LogP contribution in [0.2, 0.25) is 0 Å². The van der Waals surface area contributed by atoms with Crippen LogP contribution in [0.25, 0.3) is 16.8 Å². The van der Waals surface area contributed by atoms with Crippen molar-refractivity contribution in [2.24, 2.45) is 0 Å². The summed E-state index contributed by atoms with van der Waals surface area (Å²) in [7, 11) is 0. The van der Waals surface area contributed by atoms with Crippen molar-refractivity contribution in [1.29, 1.82) is 0 Å². The Morgan fingerprint density at radius 3 is 2.84 bits per heavy atom. The van der Waals surface area contributed by atoms with Gasteiger partial charge in [-0.15, -0.1) is 4.68 Å². The Kier molecular flexibility index (Phi) is 5.04. The quantitative estimate of drug-likeness (QED) is 0.373. The van der Waals surface area contributed by atoms with E-state index >= 15 is 0 Å². The number of hydrogen-bond acceptors (Lipinski definition) is 5. The first kappa shape index (κ1) is 20.0. The van der Waals surface area contributed by atoms with Gasteiger partial charge in [-0.05, 0) is 53.3 Å². The van der Waals surface area contributed by atoms with E-state index in [4.69, 9.17) is 0 Å². The third kappa shape index (κ3) is 3.78. The molecule has 10 heteroatoms. The second-order valence-electron chi connectivity index (χ2n) is 6.81. The van der Waals surface area contributed by atoms with Crippen LogP contribution in [0.15, 0.2) is 55.3 Å². The monoisotopic (exact) mass is 421 g/mol. The van der Waals surface area contributed by atoms with Crippen LogP contribution in [-0.2, 0) is 11.2 Å². The molecule has 2 amide bonds. The summed E-state index contributed by atoms with van der Waals surface area (Å²) in [5.74, 6) is -2.08. The van der Waals surface area contributed by atoms with Gasteiger partial charge in [-0.2, -0.15) is 0 Å². The first-order valence-electron chi connectivity index (χ1n) is 9.26. The average Bonchev–Trinajstić information content (AvgIpc) is 3.20. The molecule has 0 bridgehead atoms. The molecule has 4 rings (SSSR count). The van der Waals surface area contributed by atoms with Crippen LogP contribution in [-0.4, -0.2) is 33.1 Å². The minimum Gasteiger partial charge on any atom is -0.358 e. The lowest BCUT2D eigenvalue weighted by molar-refractivity contribution is -0.389. The molecule has 0 unspecified atom stereocenters. The van der Waals surface area contributed by atoms with Gasteiger partial charge in [0.25, 0.3) is 5.91 Å². The molecule has 0 radical (unpaired) electrons. The topological polar surface area (TPSA) is 119 Å². The van der Waals surface area contributed by atoms with E-state index in [0.29, 0.717) is 29.9 Å². The fourth-order valence-corrected chi connectivity index (χ4v) is 3.39. The van der Waals surface area contributed by atoms with E-state index in [1.807, 2.05) is 0 Å². The van der Waals surface area contributed by atoms with Gasteiger partial charge in [0.1, 0.15) is 11.4 Å². The molecule has 0 fully saturated rings. The number of halogens is 1. The number of carbonyl (C=O) groups is 2. The third-order valence-electron chi connectivity index (χ3n) is 4.84. The summed E-state index contributed by atoms with van der Waals surface area (Å²) in [6, 6.07) is 9.02. The Balaban J connectivity index is 1.80. The zero-order valence-corrected chi connectivity index (χ0v) is 16.1. The van der Waals surface area contributed by atoms with Crippen LogP contribution < -0.4 is 10.6 Å². The van der Waals surface area contributed by atoms with Crippen molar-refractivity contribution in [3.8, 4) is 16.8 Å². The summed E-state index contributed by atoms with van der Waals surface area (Å²) in [5, 5.41) is 20.9. The molecule has 2 N–H and O–H groups in total. The number of fused-ring (bicyclic) bond motifs is 1. The van der Waals surface area contributed by atoms with E-state index in [9.17, 15) is 24.1 Å². The number of aromatic nitrogens is 2. The van der Waals surface area contributed by atoms with Crippen LogP contribution in [0.3, 0.4) is 0 Å². The molecule has 156 valence electrons. The number of anilines is 1. The number of benzene rings is 2. The largest absolute Gasteiger partial charge is 0.398 e. The molecule has 0 aliphatic carbocycles. The molecule has 31 heavy (non-hydrogen) atoms. The van der Waals surface area contributed by atoms with E-state index in [1.165, 1.54) is 16.9 Å². The minimum atomic E-state index is -0.759. The number of nitrogens with zero attached hydrogens (tertiary/aromatic N) is 3. The Labute approximate surface area is 175 Å². The summed E-state index contributed by atoms with van der Waals surface area (Å²) in [4.78, 5) is 34.4. The minimum absolute atomic E-state index is 0.0116. The van der Waals surface area contributed by atoms with E-state index in [-0.39, 0.29) is 22.6 Å². The molecule has 0 saturated heterocycles. The van der Waals surface area contributed by atoms with Gasteiger partial charge >= 0.3 is 5.82 Å². The maximum atomic E-state index is 14.8. The van der Waals surface area contributed by atoms with Gasteiger partial charge in [0.05, 0.1) is 17.0 Å². The lowest BCUT2D eigenvalue weighted by Crippen LogP contribution is -2.31. The van der Waals surface area contributed by atoms with Crippen molar-refractivity contribution in [1.82, 2.24) is 15.1 Å². The van der Waals surface area contributed by atoms with Crippen molar-refractivity contribution in [2.75, 3.05) is 11.9 Å². The average molecular weight is 421 g/mol. The van der Waals surface area contributed by atoms with Crippen molar-refractivity contribution in [2.45, 2.75) is 6.42 Å². The highest BCUT2D eigenvalue weighted by Gasteiger charge is 2.28. The Hall–Kier alpha value is -4.34. The normalized spacial score (nSPS) is 12.6. The summed E-state index contributed by atoms with van der Waals surface area (Å²) < 4.78 is 16.1. The summed E-state index contributed by atoms with van der Waals surface area (Å²) >= 11 is 0. The smallest absolute Gasteiger partial charge is 0.358 e. The number of hydrogen-bond donors (Lipinski definition) is 2. The Bertz CT molecular complexity index is 1250. The zero-order valence-electron chi connectivity index (χ0n) is 16.1. The SMILES string of the molecule is C=CC(=O)Nc1cccc(-n2cc(-c3cc4c(cc3F)C(=O)NCC4)c([N+](=O)[O-])n2)c1. The fourth-order valence-electron chi connectivity index (χ4n) is 3.39. The van der Waals surface area contributed by atoms with Crippen molar-refractivity contribution in [3.05, 3.63) is 82.3 Å². The van der Waals surface area contributed by atoms with E-state index < -0.39 is 22.5 Å². The number of rotatable bonds is 5. The summed E-state index contributed by atoms with van der Waals surface area (Å²) in [5.41, 5.74) is 1.66. The first-order chi connectivity index (χ1) is 14.9. The summed E-state index contributed by atoms with van der Waals surface area (Å²) in [6.07, 6.45) is 2.95. The second kappa shape index (κ2) is 7.82. The molecule has 0 atom stereocenters. The number of amides is 2. The maximum absolute atomic E-state index is 14.8. The molecular weight excluding hydrogens is 405 g/mol. The number of carbonyl (C=O) groups excluding carboxylic acids is 2. The molecule has 2 aromatic carbocycles. The van der Waals surface area contributed by atoms with Gasteiger partial charge in [-0.3, -0.25) is 9.59 Å². The fraction of sp³-hybridized carbons (Fsp3) is 0.0952. The molecule has 1 aliphatic rings. The number of nitrogens with one attached hydrogen (secondary N) is 2. The van der Waals surface area contributed by atoms with Gasteiger partial charge in [0.15, 0.2) is 0 Å². The Morgan fingerprint density at radius 1 is 1.29 bits per heavy atom. The van der Waals surface area contributed by atoms with Gasteiger partial charge in [-0.25, -0.2) is 4.39 Å². The van der Waals surface area contributed by atoms with E-state index in [0.717, 1.165) is 12.1 Å². The van der Waals surface area contributed by atoms with Crippen LogP contribution in [0.1, 0.15) is 15.9 Å². The lowest BCUT2D eigenvalue weighted by Gasteiger charge is -2.17. The molecule has 3 aromatic rings. The van der Waals surface area contributed by atoms with Gasteiger partial charge in [0.2, 0.25) is 5.91 Å². The third-order valence-corrected chi connectivity index (χ3v) is 4.84. The molecular formula is C21H16FN5O4. The van der Waals surface area contributed by atoms with Gasteiger partial charge in [-0.1, -0.05) is 12.6 Å². The van der Waals surface area contributed by atoms with Crippen LogP contribution in [0.5, 0.6) is 0 Å². The van der Waals surface area contributed by atoms with E-state index in [1.54, 1.807) is 24.3 Å². The van der Waals surface area contributed by atoms with Gasteiger partial charge < -0.3 is 20.7 Å². The van der Waals surface area contributed by atoms with Gasteiger partial charge in [0, 0.05) is 23.4 Å². The van der Waals surface area contributed by atoms with Crippen LogP contribution >= 0.6 is 0 Å². The molecule has 9 nitrogen and oxygen atoms in total. The van der Waals surface area contributed by atoms with Crippen molar-refractivity contribution < 1.29 is 18.9 Å². The highest BCUT2D eigenvalue weighted by Crippen LogP contribution is 2.34. The van der Waals surface area contributed by atoms with E-state index in [2.05, 4.69) is 22.3 Å².